The van der Waals surface area contributed by atoms with Crippen LogP contribution >= 0.6 is 61.7 Å². The van der Waals surface area contributed by atoms with Crippen molar-refractivity contribution in [2.45, 2.75) is 6.54 Å². The Morgan fingerprint density at radius 3 is 2.71 bits per heavy atom. The molecule has 0 aromatic heterocycles. The Hall–Kier alpha value is -0.300. The van der Waals surface area contributed by atoms with E-state index in [9.17, 15) is 4.79 Å². The molecule has 0 saturated carbocycles. The van der Waals surface area contributed by atoms with Crippen molar-refractivity contribution in [2.24, 2.45) is 0 Å². The summed E-state index contributed by atoms with van der Waals surface area (Å²) >= 11 is 17.7. The third-order valence-corrected chi connectivity index (χ3v) is 5.24. The molecule has 0 atom stereocenters. The molecule has 0 spiro atoms. The first-order valence-corrected chi connectivity index (χ1v) is 8.66. The second-order valence-corrected chi connectivity index (χ2v) is 7.36. The second kappa shape index (κ2) is 7.31. The van der Waals surface area contributed by atoms with Crippen molar-refractivity contribution in [3.8, 4) is 0 Å². The molecule has 6 heteroatoms. The number of hydrogen-bond donors (Lipinski definition) is 0. The maximum Gasteiger partial charge on any atom is 0.255 e. The highest BCUT2D eigenvalue weighted by molar-refractivity contribution is 14.1. The lowest BCUT2D eigenvalue weighted by Gasteiger charge is -2.19. The molecule has 1 amide bonds. The molecule has 0 saturated heterocycles. The van der Waals surface area contributed by atoms with Gasteiger partial charge in [0.25, 0.3) is 5.91 Å². The van der Waals surface area contributed by atoms with Crippen molar-refractivity contribution in [1.29, 1.82) is 0 Å². The molecule has 0 aliphatic carbocycles. The number of rotatable bonds is 3. The van der Waals surface area contributed by atoms with Gasteiger partial charge in [-0.2, -0.15) is 0 Å². The zero-order valence-corrected chi connectivity index (χ0v) is 16.3. The highest BCUT2D eigenvalue weighted by Crippen LogP contribution is 2.27. The summed E-state index contributed by atoms with van der Waals surface area (Å²) in [4.78, 5) is 14.2. The summed E-state index contributed by atoms with van der Waals surface area (Å²) in [7, 11) is 1.75. The van der Waals surface area contributed by atoms with E-state index in [2.05, 4.69) is 38.5 Å². The fourth-order valence-electron chi connectivity index (χ4n) is 1.86. The zero-order valence-electron chi connectivity index (χ0n) is 11.0. The zero-order chi connectivity index (χ0) is 15.6. The first kappa shape index (κ1) is 17.1. The number of halogens is 4. The van der Waals surface area contributed by atoms with Gasteiger partial charge in [0.1, 0.15) is 0 Å². The molecule has 2 nitrogen and oxygen atoms in total. The minimum atomic E-state index is -0.0586. The predicted molar refractivity (Wildman–Crippen MR) is 99.1 cm³/mol. The molecule has 0 aliphatic rings. The van der Waals surface area contributed by atoms with Gasteiger partial charge >= 0.3 is 0 Å². The van der Waals surface area contributed by atoms with E-state index in [0.29, 0.717) is 22.2 Å². The van der Waals surface area contributed by atoms with Gasteiger partial charge in [0.05, 0.1) is 15.6 Å². The molecular weight excluding hydrogens is 488 g/mol. The summed E-state index contributed by atoms with van der Waals surface area (Å²) in [5.74, 6) is -0.0586. The van der Waals surface area contributed by atoms with Crippen molar-refractivity contribution in [3.05, 3.63) is 65.6 Å². The molecule has 0 unspecified atom stereocenters. The molecular formula is C15H11BrCl2INO. The van der Waals surface area contributed by atoms with Crippen molar-refractivity contribution < 1.29 is 4.79 Å². The number of hydrogen-bond acceptors (Lipinski definition) is 1. The normalized spacial score (nSPS) is 10.5. The Kier molecular flexibility index (Phi) is 5.94. The van der Waals surface area contributed by atoms with E-state index < -0.39 is 0 Å². The van der Waals surface area contributed by atoms with Crippen LogP contribution in [0.15, 0.2) is 40.9 Å². The van der Waals surface area contributed by atoms with E-state index in [1.165, 1.54) is 0 Å². The quantitative estimate of drug-likeness (QED) is 0.502. The van der Waals surface area contributed by atoms with Gasteiger partial charge in [-0.15, -0.1) is 0 Å². The number of benzene rings is 2. The fourth-order valence-corrected chi connectivity index (χ4v) is 3.17. The van der Waals surface area contributed by atoms with Crippen molar-refractivity contribution in [1.82, 2.24) is 4.90 Å². The summed E-state index contributed by atoms with van der Waals surface area (Å²) < 4.78 is 1.78. The van der Waals surface area contributed by atoms with Gasteiger partial charge in [0.15, 0.2) is 0 Å². The second-order valence-electron chi connectivity index (χ2n) is 4.50. The lowest BCUT2D eigenvalue weighted by molar-refractivity contribution is 0.0784. The monoisotopic (exact) mass is 497 g/mol. The lowest BCUT2D eigenvalue weighted by Crippen LogP contribution is -2.27. The maximum absolute atomic E-state index is 12.5. The Morgan fingerprint density at radius 1 is 1.29 bits per heavy atom. The van der Waals surface area contributed by atoms with Crippen molar-refractivity contribution in [3.63, 3.8) is 0 Å². The Labute approximate surface area is 155 Å². The lowest BCUT2D eigenvalue weighted by atomic mass is 10.1. The van der Waals surface area contributed by atoms with Gasteiger partial charge < -0.3 is 4.90 Å². The average molecular weight is 499 g/mol. The van der Waals surface area contributed by atoms with E-state index in [1.54, 1.807) is 18.0 Å². The van der Waals surface area contributed by atoms with Crippen LogP contribution in [0.1, 0.15) is 15.9 Å². The molecule has 0 bridgehead atoms. The van der Waals surface area contributed by atoms with Crippen molar-refractivity contribution in [2.75, 3.05) is 7.05 Å². The van der Waals surface area contributed by atoms with Gasteiger partial charge in [-0.3, -0.25) is 4.79 Å². The third kappa shape index (κ3) is 4.12. The highest BCUT2D eigenvalue weighted by Gasteiger charge is 2.17. The predicted octanol–water partition coefficient (Wildman–Crippen LogP) is 5.63. The van der Waals surface area contributed by atoms with Crippen LogP contribution in [0.5, 0.6) is 0 Å². The Morgan fingerprint density at radius 2 is 2.00 bits per heavy atom. The van der Waals surface area contributed by atoms with Crippen LogP contribution in [-0.2, 0) is 6.54 Å². The summed E-state index contributed by atoms with van der Waals surface area (Å²) in [6, 6.07) is 11.0. The molecule has 110 valence electrons. The number of carbonyl (C=O) groups is 1. The number of amides is 1. The van der Waals surface area contributed by atoms with Crippen LogP contribution in [0.3, 0.4) is 0 Å². The third-order valence-electron chi connectivity index (χ3n) is 2.94. The smallest absolute Gasteiger partial charge is 0.255 e. The SMILES string of the molecule is CN(Cc1cccc(Cl)c1Cl)C(=O)c1cc(Br)ccc1I. The fraction of sp³-hybridized carbons (Fsp3) is 0.133. The maximum atomic E-state index is 12.5. The standard InChI is InChI=1S/C15H11BrCl2INO/c1-20(8-9-3-2-4-12(17)14(9)18)15(21)11-7-10(16)5-6-13(11)19/h2-7H,8H2,1H3. The van der Waals surface area contributed by atoms with Gasteiger partial charge in [-0.1, -0.05) is 51.3 Å². The van der Waals surface area contributed by atoms with E-state index in [1.807, 2.05) is 30.3 Å². The molecule has 0 radical (unpaired) electrons. The van der Waals surface area contributed by atoms with Crippen LogP contribution in [0, 0.1) is 3.57 Å². The molecule has 2 aromatic rings. The van der Waals surface area contributed by atoms with Gasteiger partial charge in [0, 0.05) is 21.6 Å². The van der Waals surface area contributed by atoms with Crippen LogP contribution in [-0.4, -0.2) is 17.9 Å². The summed E-state index contributed by atoms with van der Waals surface area (Å²) in [5, 5.41) is 0.981. The van der Waals surface area contributed by atoms with Crippen LogP contribution in [0.25, 0.3) is 0 Å². The summed E-state index contributed by atoms with van der Waals surface area (Å²) in [6.45, 7) is 0.404. The van der Waals surface area contributed by atoms with Crippen LogP contribution in [0.2, 0.25) is 10.0 Å². The first-order valence-electron chi connectivity index (χ1n) is 6.03. The summed E-state index contributed by atoms with van der Waals surface area (Å²) in [6.07, 6.45) is 0. The molecule has 0 heterocycles. The highest BCUT2D eigenvalue weighted by atomic mass is 127. The molecule has 0 N–H and O–H groups in total. The Bertz CT molecular complexity index is 693. The first-order chi connectivity index (χ1) is 9.90. The molecule has 2 rings (SSSR count). The molecule has 21 heavy (non-hydrogen) atoms. The average Bonchev–Trinajstić information content (AvgIpc) is 2.45. The Balaban J connectivity index is 2.24. The largest absolute Gasteiger partial charge is 0.337 e. The molecule has 2 aromatic carbocycles. The molecule has 0 fully saturated rings. The van der Waals surface area contributed by atoms with Gasteiger partial charge in [-0.25, -0.2) is 0 Å². The number of nitrogens with zero attached hydrogens (tertiary/aromatic N) is 1. The minimum Gasteiger partial charge on any atom is -0.337 e. The topological polar surface area (TPSA) is 20.3 Å². The minimum absolute atomic E-state index is 0.0586. The van der Waals surface area contributed by atoms with E-state index in [0.717, 1.165) is 13.6 Å². The van der Waals surface area contributed by atoms with Gasteiger partial charge in [-0.05, 0) is 52.4 Å². The van der Waals surface area contributed by atoms with Crippen LogP contribution in [0.4, 0.5) is 0 Å². The van der Waals surface area contributed by atoms with E-state index >= 15 is 0 Å². The van der Waals surface area contributed by atoms with Gasteiger partial charge in [0.2, 0.25) is 0 Å². The van der Waals surface area contributed by atoms with E-state index in [4.69, 9.17) is 23.2 Å². The summed E-state index contributed by atoms with van der Waals surface area (Å²) in [5.41, 5.74) is 1.48. The number of carbonyl (C=O) groups excluding carboxylic acids is 1. The van der Waals surface area contributed by atoms with Crippen LogP contribution < -0.4 is 0 Å². The van der Waals surface area contributed by atoms with E-state index in [-0.39, 0.29) is 5.91 Å². The van der Waals surface area contributed by atoms with Crippen molar-refractivity contribution >= 4 is 67.6 Å². The molecule has 0 aliphatic heterocycles.